The number of carboxylic acids is 1. The minimum atomic E-state index is -1.35. The Bertz CT molecular complexity index is 2390. The lowest BCUT2D eigenvalue weighted by Gasteiger charge is -2.36. The maximum atomic E-state index is 16.1. The molecule has 18 heteroatoms. The Morgan fingerprint density at radius 3 is 2.68 bits per heavy atom. The second kappa shape index (κ2) is 13.6. The molecule has 3 aliphatic rings. The summed E-state index contributed by atoms with van der Waals surface area (Å²) in [5.74, 6) is -1.63. The molecule has 2 aliphatic heterocycles. The van der Waals surface area contributed by atoms with Gasteiger partial charge in [-0.25, -0.2) is 14.0 Å². The van der Waals surface area contributed by atoms with Gasteiger partial charge in [0.15, 0.2) is 17.3 Å². The second-order valence-electron chi connectivity index (χ2n) is 13.8. The van der Waals surface area contributed by atoms with Gasteiger partial charge in [-0.15, -0.1) is 10.2 Å². The number of piperidine rings is 1. The van der Waals surface area contributed by atoms with Crippen LogP contribution in [0.25, 0.3) is 21.8 Å². The third-order valence-corrected chi connectivity index (χ3v) is 11.0. The number of methoxy groups -OCH3 is 1. The van der Waals surface area contributed by atoms with Gasteiger partial charge in [-0.3, -0.25) is 14.4 Å². The highest BCUT2D eigenvalue weighted by Gasteiger charge is 2.42. The molecular weight excluding hydrogens is 755 g/mol. The largest absolute Gasteiger partial charge is 0.493 e. The predicted octanol–water partition coefficient (Wildman–Crippen LogP) is 5.16. The molecule has 2 saturated heterocycles. The number of rotatable bonds is 10. The monoisotopic (exact) mass is 790 g/mol. The number of amides is 2. The fraction of sp³-hybridized carbons (Fsp3) is 0.400. The number of ether oxygens (including phenoxy) is 1. The zero-order valence-corrected chi connectivity index (χ0v) is 30.2. The molecule has 5 heterocycles. The molecule has 1 aliphatic carbocycles. The molecule has 5 aromatic rings. The average molecular weight is 792 g/mol. The number of aryl methyl sites for hydroxylation is 2. The first-order valence-electron chi connectivity index (χ1n) is 17.3. The summed E-state index contributed by atoms with van der Waals surface area (Å²) < 4.78 is 27.9. The fourth-order valence-electron chi connectivity index (χ4n) is 8.03. The van der Waals surface area contributed by atoms with E-state index in [0.717, 1.165) is 42.4 Å². The number of carboxylic acid groups (broad SMARTS) is 1. The maximum Gasteiger partial charge on any atom is 0.356 e. The molecule has 2 amide bonds. The number of azo groups is 1. The molecule has 8 rings (SSSR count). The van der Waals surface area contributed by atoms with Gasteiger partial charge < -0.3 is 34.7 Å². The topological polar surface area (TPSA) is 199 Å². The Kier molecular flexibility index (Phi) is 8.88. The molecule has 0 spiro atoms. The summed E-state index contributed by atoms with van der Waals surface area (Å²) in [6.45, 7) is 3.21. The second-order valence-corrected chi connectivity index (χ2v) is 14.7. The van der Waals surface area contributed by atoms with Crippen LogP contribution in [-0.4, -0.2) is 84.0 Å². The van der Waals surface area contributed by atoms with Gasteiger partial charge in [0.25, 0.3) is 0 Å². The van der Waals surface area contributed by atoms with Crippen LogP contribution in [0.5, 0.6) is 11.6 Å². The van der Waals surface area contributed by atoms with E-state index < -0.39 is 23.2 Å². The Morgan fingerprint density at radius 2 is 1.94 bits per heavy atom. The number of aromatic nitrogens is 5. The zero-order valence-electron chi connectivity index (χ0n) is 28.7. The number of aromatic hydroxyl groups is 1. The molecule has 16 nitrogen and oxygen atoms in total. The quantitative estimate of drug-likeness (QED) is 0.159. The van der Waals surface area contributed by atoms with E-state index in [0.29, 0.717) is 49.1 Å². The molecule has 3 fully saturated rings. The summed E-state index contributed by atoms with van der Waals surface area (Å²) in [4.78, 5) is 40.7. The van der Waals surface area contributed by atoms with Crippen LogP contribution in [0.1, 0.15) is 47.8 Å². The number of carbonyl (C=O) groups excluding carboxylic acids is 1. The minimum Gasteiger partial charge on any atom is -0.493 e. The third kappa shape index (κ3) is 6.28. The Labute approximate surface area is 309 Å². The first-order valence-corrected chi connectivity index (χ1v) is 18.1. The number of benzene rings is 2. The summed E-state index contributed by atoms with van der Waals surface area (Å²) in [5, 5.41) is 37.4. The lowest BCUT2D eigenvalue weighted by atomic mass is 9.92. The van der Waals surface area contributed by atoms with Crippen molar-refractivity contribution in [2.75, 3.05) is 31.6 Å². The van der Waals surface area contributed by atoms with Crippen molar-refractivity contribution in [3.8, 4) is 11.6 Å². The van der Waals surface area contributed by atoms with Gasteiger partial charge in [0.2, 0.25) is 11.3 Å². The molecule has 4 N–H and O–H groups in total. The molecule has 0 radical (unpaired) electrons. The fourth-order valence-corrected chi connectivity index (χ4v) is 8.39. The van der Waals surface area contributed by atoms with Crippen molar-refractivity contribution < 1.29 is 28.9 Å². The number of hydrogen-bond donors (Lipinski definition) is 3. The number of hydrogen-bond acceptors (Lipinski definition) is 10. The van der Waals surface area contributed by atoms with Gasteiger partial charge in [-0.05, 0) is 62.4 Å². The number of pyridine rings is 1. The van der Waals surface area contributed by atoms with E-state index in [1.165, 1.54) is 19.4 Å². The molecule has 1 saturated carbocycles. The van der Waals surface area contributed by atoms with Crippen molar-refractivity contribution in [2.24, 2.45) is 21.9 Å². The number of fused-ring (bicyclic) bond motifs is 3. The smallest absolute Gasteiger partial charge is 0.356 e. The van der Waals surface area contributed by atoms with Crippen LogP contribution < -0.4 is 20.8 Å². The van der Waals surface area contributed by atoms with E-state index in [9.17, 15) is 24.6 Å². The van der Waals surface area contributed by atoms with E-state index >= 15 is 4.39 Å². The molecule has 276 valence electrons. The number of likely N-dealkylation sites (tertiary alicyclic amines) is 1. The van der Waals surface area contributed by atoms with Crippen molar-refractivity contribution in [2.45, 2.75) is 57.4 Å². The van der Waals surface area contributed by atoms with Crippen molar-refractivity contribution in [3.63, 3.8) is 0 Å². The van der Waals surface area contributed by atoms with Crippen molar-refractivity contribution in [1.82, 2.24) is 29.0 Å². The number of aromatic carboxylic acids is 1. The standard InChI is InChI=1S/C35H36BrFN10O6/c1-53-32-29-23(31(48)24(34(50)51)16-47(29)21-5-6-21)12-25(37)30(32)44-13-18-3-2-8-43(27(18)17-44)14-20-15-45(42-39-20)9-10-46-26-7-4-19(36)11-22(26)28(33(46)49)40-41-35(38)52/h4,7,11-12,15-16,18,21,27,49H,2-3,5-6,8-10,13-14,17H2,1H3,(H2,38,52)(H,50,51)/t18-,27+/m0/s1. The minimum absolute atomic E-state index is 0.00138. The van der Waals surface area contributed by atoms with E-state index in [2.05, 4.69) is 41.4 Å². The highest BCUT2D eigenvalue weighted by molar-refractivity contribution is 9.10. The van der Waals surface area contributed by atoms with Crippen LogP contribution in [-0.2, 0) is 19.6 Å². The van der Waals surface area contributed by atoms with Crippen LogP contribution >= 0.6 is 15.9 Å². The van der Waals surface area contributed by atoms with Crippen LogP contribution in [0.4, 0.5) is 20.6 Å². The van der Waals surface area contributed by atoms with E-state index in [4.69, 9.17) is 10.5 Å². The first kappa shape index (κ1) is 34.7. The summed E-state index contributed by atoms with van der Waals surface area (Å²) in [5.41, 5.74) is 6.31. The van der Waals surface area contributed by atoms with Crippen LogP contribution in [0.15, 0.2) is 56.2 Å². The highest BCUT2D eigenvalue weighted by Crippen LogP contribution is 2.46. The molecular formula is C35H36BrFN10O6. The number of anilines is 1. The Morgan fingerprint density at radius 1 is 1.13 bits per heavy atom. The number of primary amides is 1. The summed E-state index contributed by atoms with van der Waals surface area (Å²) in [6, 6.07) is 5.75. The Balaban J connectivity index is 1.02. The highest BCUT2D eigenvalue weighted by atomic mass is 79.9. The number of carbonyl (C=O) groups is 2. The summed E-state index contributed by atoms with van der Waals surface area (Å²) >= 11 is 3.43. The molecule has 2 aromatic carbocycles. The number of urea groups is 1. The average Bonchev–Trinajstić information content (AvgIpc) is 3.62. The number of halogens is 2. The van der Waals surface area contributed by atoms with Crippen molar-refractivity contribution in [3.05, 3.63) is 68.4 Å². The lowest BCUT2D eigenvalue weighted by Crippen LogP contribution is -2.44. The SMILES string of the molecule is COc1c(N2C[C@@H]3CCCN(Cc4cn(CCn5c(O)c(N=NC(N)=O)c6cc(Br)ccc65)nn4)[C@@H]3C2)c(F)cc2c(=O)c(C(=O)O)cn(C3CC3)c12. The number of nitrogens with zero attached hydrogens (tertiary/aromatic N) is 9. The van der Waals surface area contributed by atoms with Crippen molar-refractivity contribution >= 4 is 61.1 Å². The molecule has 53 heavy (non-hydrogen) atoms. The lowest BCUT2D eigenvalue weighted by molar-refractivity contribution is 0.0694. The normalized spacial score (nSPS) is 19.1. The summed E-state index contributed by atoms with van der Waals surface area (Å²) in [6.07, 6.45) is 6.84. The maximum absolute atomic E-state index is 16.1. The van der Waals surface area contributed by atoms with Crippen LogP contribution in [0.2, 0.25) is 0 Å². The predicted molar refractivity (Wildman–Crippen MR) is 195 cm³/mol. The van der Waals surface area contributed by atoms with E-state index in [1.54, 1.807) is 19.9 Å². The van der Waals surface area contributed by atoms with Crippen LogP contribution in [0, 0.1) is 11.7 Å². The van der Waals surface area contributed by atoms with Crippen LogP contribution in [0.3, 0.4) is 0 Å². The van der Waals surface area contributed by atoms with Gasteiger partial charge in [0.05, 0.1) is 35.8 Å². The number of nitrogens with two attached hydrogens (primary N) is 1. The van der Waals surface area contributed by atoms with Crippen molar-refractivity contribution in [1.29, 1.82) is 0 Å². The van der Waals surface area contributed by atoms with Gasteiger partial charge in [-0.2, -0.15) is 0 Å². The molecule has 0 bridgehead atoms. The molecule has 3 aromatic heterocycles. The van der Waals surface area contributed by atoms with E-state index in [-0.39, 0.29) is 52.0 Å². The Hall–Kier alpha value is -5.36. The molecule has 2 atom stereocenters. The van der Waals surface area contributed by atoms with Gasteiger partial charge in [0, 0.05) is 60.5 Å². The molecule has 0 unspecified atom stereocenters. The summed E-state index contributed by atoms with van der Waals surface area (Å²) in [7, 11) is 1.45. The van der Waals surface area contributed by atoms with E-state index in [1.807, 2.05) is 23.2 Å². The third-order valence-electron chi connectivity index (χ3n) is 10.5. The van der Waals surface area contributed by atoms with Gasteiger partial charge in [0.1, 0.15) is 11.3 Å². The van der Waals surface area contributed by atoms with Gasteiger partial charge >= 0.3 is 12.0 Å². The first-order chi connectivity index (χ1) is 25.5. The zero-order chi connectivity index (χ0) is 37.1. The van der Waals surface area contributed by atoms with Gasteiger partial charge in [-0.1, -0.05) is 26.3 Å².